The van der Waals surface area contributed by atoms with Crippen LogP contribution in [0.4, 0.5) is 0 Å². The number of hydrazone groups is 1. The molecule has 9 heteroatoms. The number of nitrogens with one attached hydrogen (secondary N) is 1. The molecule has 0 atom stereocenters. The highest BCUT2D eigenvalue weighted by molar-refractivity contribution is 7.99. The molecule has 0 saturated carbocycles. The van der Waals surface area contributed by atoms with Gasteiger partial charge in [-0.3, -0.25) is 9.36 Å². The minimum Gasteiger partial charge on any atom is -0.489 e. The van der Waals surface area contributed by atoms with E-state index in [1.165, 1.54) is 11.8 Å². The lowest BCUT2D eigenvalue weighted by molar-refractivity contribution is -0.118. The Labute approximate surface area is 241 Å². The van der Waals surface area contributed by atoms with Gasteiger partial charge in [0, 0.05) is 16.3 Å². The number of benzene rings is 4. The van der Waals surface area contributed by atoms with Crippen molar-refractivity contribution in [3.63, 3.8) is 0 Å². The van der Waals surface area contributed by atoms with Gasteiger partial charge in [0.05, 0.1) is 12.0 Å². The summed E-state index contributed by atoms with van der Waals surface area (Å²) in [4.78, 5) is 12.6. The zero-order chi connectivity index (χ0) is 27.7. The van der Waals surface area contributed by atoms with Crippen molar-refractivity contribution in [2.45, 2.75) is 18.7 Å². The number of hydrogen-bond donors (Lipinski definition) is 1. The van der Waals surface area contributed by atoms with Crippen molar-refractivity contribution >= 4 is 35.5 Å². The Hall–Kier alpha value is -4.40. The fourth-order valence-corrected chi connectivity index (χ4v) is 4.71. The van der Waals surface area contributed by atoms with E-state index in [1.807, 2.05) is 115 Å². The molecule has 40 heavy (non-hydrogen) atoms. The average molecular weight is 568 g/mol. The summed E-state index contributed by atoms with van der Waals surface area (Å²) in [7, 11) is 0. The number of carbonyl (C=O) groups is 1. The number of halogens is 1. The van der Waals surface area contributed by atoms with Gasteiger partial charge in [-0.1, -0.05) is 95.7 Å². The topological polar surface area (TPSA) is 81.4 Å². The van der Waals surface area contributed by atoms with Crippen molar-refractivity contribution < 1.29 is 9.53 Å². The molecule has 0 aliphatic heterocycles. The Morgan fingerprint density at radius 2 is 1.75 bits per heavy atom. The highest BCUT2D eigenvalue weighted by atomic mass is 35.5. The summed E-state index contributed by atoms with van der Waals surface area (Å²) in [5, 5.41) is 14.1. The third kappa shape index (κ3) is 7.16. The molecule has 1 N–H and O–H groups in total. The Kier molecular flexibility index (Phi) is 8.90. The number of aromatic nitrogens is 3. The van der Waals surface area contributed by atoms with Gasteiger partial charge in [-0.15, -0.1) is 10.2 Å². The van der Waals surface area contributed by atoms with E-state index in [2.05, 4.69) is 20.7 Å². The van der Waals surface area contributed by atoms with Crippen LogP contribution in [0.3, 0.4) is 0 Å². The van der Waals surface area contributed by atoms with Crippen LogP contribution in [0.1, 0.15) is 16.7 Å². The van der Waals surface area contributed by atoms with Crippen molar-refractivity contribution in [3.8, 4) is 22.8 Å². The Balaban J connectivity index is 1.22. The smallest absolute Gasteiger partial charge is 0.250 e. The molecule has 0 bridgehead atoms. The van der Waals surface area contributed by atoms with Crippen LogP contribution < -0.4 is 10.2 Å². The van der Waals surface area contributed by atoms with Gasteiger partial charge in [0.15, 0.2) is 11.0 Å². The van der Waals surface area contributed by atoms with Gasteiger partial charge in [-0.05, 0) is 54.4 Å². The number of hydrogen-bond acceptors (Lipinski definition) is 6. The van der Waals surface area contributed by atoms with E-state index in [1.54, 1.807) is 6.21 Å². The third-order valence-electron chi connectivity index (χ3n) is 5.87. The van der Waals surface area contributed by atoms with Gasteiger partial charge in [0.2, 0.25) is 0 Å². The standard InChI is InChI=1S/C31H26ClN5O2S/c1-22-10-12-25(13-11-22)30-35-36-31(37(30)27-16-14-26(32)15-17-27)40-21-29(38)34-33-19-24-8-5-9-28(18-24)39-20-23-6-3-2-4-7-23/h2-19H,20-21H2,1H3,(H,34,38). The molecule has 4 aromatic carbocycles. The van der Waals surface area contributed by atoms with Gasteiger partial charge in [-0.2, -0.15) is 5.10 Å². The lowest BCUT2D eigenvalue weighted by atomic mass is 10.1. The molecule has 0 aliphatic carbocycles. The zero-order valence-electron chi connectivity index (χ0n) is 21.7. The maximum Gasteiger partial charge on any atom is 0.250 e. The lowest BCUT2D eigenvalue weighted by Crippen LogP contribution is -2.20. The summed E-state index contributed by atoms with van der Waals surface area (Å²) in [6.07, 6.45) is 1.59. The molecule has 7 nitrogen and oxygen atoms in total. The van der Waals surface area contributed by atoms with Gasteiger partial charge < -0.3 is 4.74 Å². The second-order valence-electron chi connectivity index (χ2n) is 8.91. The normalized spacial score (nSPS) is 11.1. The molecular formula is C31H26ClN5O2S. The van der Waals surface area contributed by atoms with Gasteiger partial charge in [-0.25, -0.2) is 5.43 Å². The van der Waals surface area contributed by atoms with Crippen LogP contribution in [0, 0.1) is 6.92 Å². The van der Waals surface area contributed by atoms with Gasteiger partial charge in [0.25, 0.3) is 5.91 Å². The summed E-state index contributed by atoms with van der Waals surface area (Å²) in [5.41, 5.74) is 7.40. The molecule has 0 spiro atoms. The van der Waals surface area contributed by atoms with E-state index in [4.69, 9.17) is 16.3 Å². The molecule has 0 radical (unpaired) electrons. The number of nitrogens with zero attached hydrogens (tertiary/aromatic N) is 4. The molecule has 0 unspecified atom stereocenters. The van der Waals surface area contributed by atoms with Crippen LogP contribution in [0.25, 0.3) is 17.1 Å². The van der Waals surface area contributed by atoms with Crippen LogP contribution in [-0.2, 0) is 11.4 Å². The molecule has 0 aliphatic rings. The van der Waals surface area contributed by atoms with Crippen LogP contribution in [0.2, 0.25) is 5.02 Å². The van der Waals surface area contributed by atoms with Crippen LogP contribution >= 0.6 is 23.4 Å². The molecular weight excluding hydrogens is 542 g/mol. The molecule has 5 aromatic rings. The SMILES string of the molecule is Cc1ccc(-c2nnc(SCC(=O)NN=Cc3cccc(OCc4ccccc4)c3)n2-c2ccc(Cl)cc2)cc1. The number of carbonyl (C=O) groups excluding carboxylic acids is 1. The quantitative estimate of drug-likeness (QED) is 0.115. The van der Waals surface area contributed by atoms with E-state index in [9.17, 15) is 4.79 Å². The first kappa shape index (κ1) is 27.2. The van der Waals surface area contributed by atoms with E-state index in [0.717, 1.165) is 33.7 Å². The molecule has 200 valence electrons. The Bertz CT molecular complexity index is 1600. The monoisotopic (exact) mass is 567 g/mol. The van der Waals surface area contributed by atoms with Crippen LogP contribution in [0.5, 0.6) is 5.75 Å². The molecule has 1 amide bonds. The second-order valence-corrected chi connectivity index (χ2v) is 10.3. The summed E-state index contributed by atoms with van der Waals surface area (Å²) in [5.74, 6) is 1.25. The molecule has 0 fully saturated rings. The average Bonchev–Trinajstić information content (AvgIpc) is 3.40. The van der Waals surface area contributed by atoms with Crippen molar-refractivity contribution in [1.82, 2.24) is 20.2 Å². The maximum absolute atomic E-state index is 12.6. The van der Waals surface area contributed by atoms with Crippen LogP contribution in [-0.4, -0.2) is 32.6 Å². The predicted molar refractivity (Wildman–Crippen MR) is 160 cm³/mol. The molecule has 1 heterocycles. The number of rotatable bonds is 10. The summed E-state index contributed by atoms with van der Waals surface area (Å²) < 4.78 is 7.79. The minimum atomic E-state index is -0.264. The first-order valence-corrected chi connectivity index (χ1v) is 13.9. The van der Waals surface area contributed by atoms with E-state index in [-0.39, 0.29) is 11.7 Å². The first-order valence-electron chi connectivity index (χ1n) is 12.5. The van der Waals surface area contributed by atoms with Crippen LogP contribution in [0.15, 0.2) is 113 Å². The largest absolute Gasteiger partial charge is 0.489 e. The van der Waals surface area contributed by atoms with Crippen molar-refractivity contribution in [3.05, 3.63) is 125 Å². The maximum atomic E-state index is 12.6. The van der Waals surface area contributed by atoms with Crippen molar-refractivity contribution in [2.75, 3.05) is 5.75 Å². The van der Waals surface area contributed by atoms with Crippen molar-refractivity contribution in [1.29, 1.82) is 0 Å². The summed E-state index contributed by atoms with van der Waals surface area (Å²) in [6, 6.07) is 33.0. The Morgan fingerprint density at radius 1 is 0.975 bits per heavy atom. The van der Waals surface area contributed by atoms with E-state index in [0.29, 0.717) is 22.6 Å². The lowest BCUT2D eigenvalue weighted by Gasteiger charge is -2.10. The summed E-state index contributed by atoms with van der Waals surface area (Å²) >= 11 is 7.39. The third-order valence-corrected chi connectivity index (χ3v) is 7.05. The zero-order valence-corrected chi connectivity index (χ0v) is 23.3. The fraction of sp³-hybridized carbons (Fsp3) is 0.0968. The number of amides is 1. The predicted octanol–water partition coefficient (Wildman–Crippen LogP) is 6.72. The van der Waals surface area contributed by atoms with Gasteiger partial charge in [0.1, 0.15) is 12.4 Å². The van der Waals surface area contributed by atoms with Crippen molar-refractivity contribution in [2.24, 2.45) is 5.10 Å². The molecule has 0 saturated heterocycles. The Morgan fingerprint density at radius 3 is 2.52 bits per heavy atom. The molecule has 5 rings (SSSR count). The summed E-state index contributed by atoms with van der Waals surface area (Å²) in [6.45, 7) is 2.51. The van der Waals surface area contributed by atoms with Gasteiger partial charge >= 0.3 is 0 Å². The number of thioether (sulfide) groups is 1. The molecule has 1 aromatic heterocycles. The highest BCUT2D eigenvalue weighted by Gasteiger charge is 2.17. The second kappa shape index (κ2) is 13.1. The number of aryl methyl sites for hydroxylation is 1. The minimum absolute atomic E-state index is 0.108. The highest BCUT2D eigenvalue weighted by Crippen LogP contribution is 2.28. The number of ether oxygens (including phenoxy) is 1. The fourth-order valence-electron chi connectivity index (χ4n) is 3.84. The first-order chi connectivity index (χ1) is 19.5. The van der Waals surface area contributed by atoms with E-state index >= 15 is 0 Å². The van der Waals surface area contributed by atoms with E-state index < -0.39 is 0 Å².